The number of fused-ring (bicyclic) bond motifs is 1. The maximum Gasteiger partial charge on any atom is 0.265 e. The van der Waals surface area contributed by atoms with Crippen molar-refractivity contribution in [2.24, 2.45) is 12.8 Å². The van der Waals surface area contributed by atoms with Gasteiger partial charge in [-0.3, -0.25) is 9.59 Å². The number of carbonyl (C=O) groups is 1. The molecule has 11 heteroatoms. The second-order valence-electron chi connectivity index (χ2n) is 7.08. The molecule has 170 valence electrons. The highest BCUT2D eigenvalue weighted by Crippen LogP contribution is 2.37. The number of hydrogen-bond acceptors (Lipinski definition) is 6. The van der Waals surface area contributed by atoms with Gasteiger partial charge in [0, 0.05) is 30.6 Å². The Labute approximate surface area is 190 Å². The van der Waals surface area contributed by atoms with Crippen molar-refractivity contribution in [1.29, 1.82) is 0 Å². The zero-order valence-electron chi connectivity index (χ0n) is 17.6. The van der Waals surface area contributed by atoms with Crippen LogP contribution in [0.4, 0.5) is 14.5 Å². The summed E-state index contributed by atoms with van der Waals surface area (Å²) in [7, 11) is 1.56. The van der Waals surface area contributed by atoms with Crippen molar-refractivity contribution in [3.63, 3.8) is 0 Å². The monoisotopic (exact) mass is 471 g/mol. The van der Waals surface area contributed by atoms with E-state index in [9.17, 15) is 18.4 Å². The number of H-pyrrole nitrogens is 1. The van der Waals surface area contributed by atoms with Crippen molar-refractivity contribution in [2.75, 3.05) is 10.5 Å². The second kappa shape index (κ2) is 8.94. The number of hydrogen-bond donors (Lipinski definition) is 3. The number of nitrogens with zero attached hydrogens (tertiary/aromatic N) is 2. The van der Waals surface area contributed by atoms with Crippen LogP contribution in [0.5, 0.6) is 11.6 Å². The first-order valence-electron chi connectivity index (χ1n) is 9.81. The summed E-state index contributed by atoms with van der Waals surface area (Å²) in [6.45, 7) is 1.97. The molecule has 0 atom stereocenters. The van der Waals surface area contributed by atoms with Gasteiger partial charge in [-0.1, -0.05) is 18.9 Å². The lowest BCUT2D eigenvalue weighted by Gasteiger charge is -2.14. The number of aryl methyl sites for hydroxylation is 1. The average Bonchev–Trinajstić information content (AvgIpc) is 3.23. The summed E-state index contributed by atoms with van der Waals surface area (Å²) in [5.41, 5.74) is 6.96. The van der Waals surface area contributed by atoms with Crippen molar-refractivity contribution in [3.8, 4) is 22.8 Å². The lowest BCUT2D eigenvalue weighted by Crippen LogP contribution is -2.16. The summed E-state index contributed by atoms with van der Waals surface area (Å²) >= 11 is 1.44. The molecular formula is C22H19F2N5O3S. The van der Waals surface area contributed by atoms with E-state index >= 15 is 0 Å². The lowest BCUT2D eigenvalue weighted by atomic mass is 10.1. The molecule has 4 rings (SSSR count). The Kier molecular flexibility index (Phi) is 6.05. The van der Waals surface area contributed by atoms with Crippen LogP contribution in [-0.4, -0.2) is 26.2 Å². The van der Waals surface area contributed by atoms with Gasteiger partial charge in [0.15, 0.2) is 11.6 Å². The van der Waals surface area contributed by atoms with Gasteiger partial charge in [-0.05, 0) is 24.3 Å². The summed E-state index contributed by atoms with van der Waals surface area (Å²) < 4.78 is 37.8. The van der Waals surface area contributed by atoms with Crippen LogP contribution < -0.4 is 20.8 Å². The van der Waals surface area contributed by atoms with Crippen LogP contribution in [0.25, 0.3) is 22.0 Å². The van der Waals surface area contributed by atoms with E-state index in [4.69, 9.17) is 10.5 Å². The van der Waals surface area contributed by atoms with Crippen molar-refractivity contribution < 1.29 is 18.3 Å². The van der Waals surface area contributed by atoms with Crippen molar-refractivity contribution >= 4 is 34.4 Å². The molecule has 3 aromatic heterocycles. The molecule has 0 spiro atoms. The zero-order chi connectivity index (χ0) is 23.7. The smallest absolute Gasteiger partial charge is 0.265 e. The quantitative estimate of drug-likeness (QED) is 0.349. The Bertz CT molecular complexity index is 1430. The number of ether oxygens (including phenoxy) is 1. The third-order valence-corrected chi connectivity index (χ3v) is 5.47. The van der Waals surface area contributed by atoms with Crippen LogP contribution in [0, 0.1) is 11.6 Å². The molecule has 0 saturated carbocycles. The van der Waals surface area contributed by atoms with Crippen LogP contribution in [0.3, 0.4) is 0 Å². The maximum atomic E-state index is 14.3. The Hall–Kier alpha value is -3.86. The fourth-order valence-electron chi connectivity index (χ4n) is 3.28. The van der Waals surface area contributed by atoms with Gasteiger partial charge in [0.05, 0.1) is 28.4 Å². The van der Waals surface area contributed by atoms with Crippen LogP contribution >= 0.6 is 11.9 Å². The first kappa shape index (κ1) is 22.3. The molecule has 0 aliphatic rings. The van der Waals surface area contributed by atoms with Gasteiger partial charge in [-0.2, -0.15) is 0 Å². The predicted molar refractivity (Wildman–Crippen MR) is 123 cm³/mol. The number of amides is 1. The van der Waals surface area contributed by atoms with E-state index in [0.29, 0.717) is 28.4 Å². The molecule has 4 aromatic rings. The summed E-state index contributed by atoms with van der Waals surface area (Å²) in [5, 5.41) is 0.240. The van der Waals surface area contributed by atoms with Gasteiger partial charge in [0.25, 0.3) is 11.5 Å². The lowest BCUT2D eigenvalue weighted by molar-refractivity contribution is 0.0996. The minimum atomic E-state index is -0.895. The first-order valence-corrected chi connectivity index (χ1v) is 10.8. The van der Waals surface area contributed by atoms with Gasteiger partial charge in [-0.15, -0.1) is 0 Å². The van der Waals surface area contributed by atoms with Crippen LogP contribution in [0.1, 0.15) is 17.4 Å². The summed E-state index contributed by atoms with van der Waals surface area (Å²) in [5.74, 6) is -1.78. The van der Waals surface area contributed by atoms with Crippen molar-refractivity contribution in [3.05, 3.63) is 70.4 Å². The second-order valence-corrected chi connectivity index (χ2v) is 8.15. The Morgan fingerprint density at radius 1 is 1.27 bits per heavy atom. The Morgan fingerprint density at radius 3 is 2.76 bits per heavy atom. The normalized spacial score (nSPS) is 11.0. The van der Waals surface area contributed by atoms with E-state index in [1.807, 2.05) is 6.92 Å². The molecular weight excluding hydrogens is 452 g/mol. The molecule has 8 nitrogen and oxygen atoms in total. The van der Waals surface area contributed by atoms with Crippen LogP contribution in [0.15, 0.2) is 47.5 Å². The fraction of sp³-hybridized carbons (Fsp3) is 0.136. The van der Waals surface area contributed by atoms with E-state index < -0.39 is 17.5 Å². The van der Waals surface area contributed by atoms with E-state index in [1.165, 1.54) is 28.8 Å². The van der Waals surface area contributed by atoms with Gasteiger partial charge in [0.1, 0.15) is 11.5 Å². The topological polar surface area (TPSA) is 115 Å². The molecule has 0 saturated heterocycles. The molecule has 4 N–H and O–H groups in total. The number of nitrogens with one attached hydrogen (secondary N) is 2. The molecule has 0 fully saturated rings. The van der Waals surface area contributed by atoms with Crippen LogP contribution in [-0.2, 0) is 7.05 Å². The third-order valence-electron chi connectivity index (χ3n) is 4.80. The summed E-state index contributed by atoms with van der Waals surface area (Å²) in [6.07, 6.45) is 3.05. The zero-order valence-corrected chi connectivity index (χ0v) is 18.4. The number of halogens is 2. The predicted octanol–water partition coefficient (Wildman–Crippen LogP) is 4.18. The number of primary amides is 1. The van der Waals surface area contributed by atoms with Crippen LogP contribution in [0.2, 0.25) is 0 Å². The Balaban J connectivity index is 1.94. The molecule has 0 radical (unpaired) electrons. The van der Waals surface area contributed by atoms with E-state index in [-0.39, 0.29) is 28.3 Å². The van der Waals surface area contributed by atoms with E-state index in [1.54, 1.807) is 19.3 Å². The standard InChI is InChI=1S/C22H19F2N5O3S/c1-3-33-28-12-7-13(21(26-9-12)32-18-5-4-11(23)6-16(18)24)15-10-29(2)22(31)14-8-17(20(25)30)27-19(14)15/h4-10,27-28H,3H2,1-2H3,(H2,25,30). The number of aromatic amines is 1. The summed E-state index contributed by atoms with van der Waals surface area (Å²) in [6, 6.07) is 6.03. The molecule has 0 aliphatic carbocycles. The van der Waals surface area contributed by atoms with Gasteiger partial charge in [-0.25, -0.2) is 13.8 Å². The minimum absolute atomic E-state index is 0.0164. The van der Waals surface area contributed by atoms with Gasteiger partial charge in [0.2, 0.25) is 5.88 Å². The summed E-state index contributed by atoms with van der Waals surface area (Å²) in [4.78, 5) is 31.6. The highest BCUT2D eigenvalue weighted by atomic mass is 32.2. The fourth-order valence-corrected chi connectivity index (χ4v) is 3.70. The van der Waals surface area contributed by atoms with Crippen molar-refractivity contribution in [1.82, 2.24) is 14.5 Å². The number of pyridine rings is 2. The molecule has 0 aliphatic heterocycles. The third kappa shape index (κ3) is 4.40. The molecule has 0 bridgehead atoms. The SMILES string of the molecule is CCSNc1cnc(Oc2ccc(F)cc2F)c(-c2cn(C)c(=O)c3cc(C(N)=O)[nH]c23)c1. The molecule has 1 aromatic carbocycles. The molecule has 33 heavy (non-hydrogen) atoms. The highest BCUT2D eigenvalue weighted by molar-refractivity contribution is 8.00. The molecule has 3 heterocycles. The number of aromatic nitrogens is 3. The minimum Gasteiger partial charge on any atom is -0.435 e. The van der Waals surface area contributed by atoms with Gasteiger partial charge < -0.3 is 24.7 Å². The number of nitrogens with two attached hydrogens (primary N) is 1. The first-order chi connectivity index (χ1) is 15.8. The van der Waals surface area contributed by atoms with E-state index in [2.05, 4.69) is 14.7 Å². The molecule has 0 unspecified atom stereocenters. The maximum absolute atomic E-state index is 14.3. The number of anilines is 1. The Morgan fingerprint density at radius 2 is 2.06 bits per heavy atom. The largest absolute Gasteiger partial charge is 0.435 e. The molecule has 1 amide bonds. The van der Waals surface area contributed by atoms with Crippen molar-refractivity contribution in [2.45, 2.75) is 6.92 Å². The number of benzene rings is 1. The highest BCUT2D eigenvalue weighted by Gasteiger charge is 2.20. The van der Waals surface area contributed by atoms with E-state index in [0.717, 1.165) is 17.9 Å². The van der Waals surface area contributed by atoms with Gasteiger partial charge >= 0.3 is 0 Å². The number of carbonyl (C=O) groups excluding carboxylic acids is 1. The average molecular weight is 471 g/mol. The number of rotatable bonds is 7.